The van der Waals surface area contributed by atoms with Crippen LogP contribution in [0.15, 0.2) is 24.3 Å². The van der Waals surface area contributed by atoms with Gasteiger partial charge in [0.05, 0.1) is 0 Å². The summed E-state index contributed by atoms with van der Waals surface area (Å²) < 4.78 is 5.39. The van der Waals surface area contributed by atoms with Crippen molar-refractivity contribution < 1.29 is 19.6 Å². The first-order valence-corrected chi connectivity index (χ1v) is 7.27. The molecule has 0 saturated carbocycles. The first-order valence-electron chi connectivity index (χ1n) is 6.11. The molecular formula is C12H16BNO4S. The lowest BCUT2D eigenvalue weighted by molar-refractivity contribution is -0.132. The summed E-state index contributed by atoms with van der Waals surface area (Å²) in [5.74, 6) is 2.50. The lowest BCUT2D eigenvalue weighted by atomic mass is 9.80. The Hall–Kier alpha value is -1.18. The Morgan fingerprint density at radius 3 is 2.47 bits per heavy atom. The minimum Gasteiger partial charge on any atom is -0.484 e. The number of nitrogens with zero attached hydrogens (tertiary/aromatic N) is 1. The third-order valence-electron chi connectivity index (χ3n) is 2.90. The van der Waals surface area contributed by atoms with Crippen LogP contribution < -0.4 is 10.2 Å². The SMILES string of the molecule is O=C(COc1ccc(B(O)O)cc1)N1CCSCC1. The number of rotatable bonds is 4. The molecule has 7 heteroatoms. The summed E-state index contributed by atoms with van der Waals surface area (Å²) in [6.07, 6.45) is 0. The predicted octanol–water partition coefficient (Wildman–Crippen LogP) is -0.679. The average molecular weight is 281 g/mol. The summed E-state index contributed by atoms with van der Waals surface area (Å²) in [6, 6.07) is 6.35. The largest absolute Gasteiger partial charge is 0.488 e. The maximum Gasteiger partial charge on any atom is 0.488 e. The second kappa shape index (κ2) is 6.84. The molecule has 1 aliphatic rings. The van der Waals surface area contributed by atoms with Crippen LogP contribution in [-0.4, -0.2) is 59.2 Å². The van der Waals surface area contributed by atoms with Crippen molar-refractivity contribution in [1.29, 1.82) is 0 Å². The standard InChI is InChI=1S/C12H16BNO4S/c15-12(14-5-7-19-8-6-14)9-18-11-3-1-10(2-4-11)13(16)17/h1-4,16-17H,5-9H2. The van der Waals surface area contributed by atoms with E-state index >= 15 is 0 Å². The topological polar surface area (TPSA) is 70.0 Å². The molecule has 0 atom stereocenters. The lowest BCUT2D eigenvalue weighted by Crippen LogP contribution is -2.40. The molecule has 0 radical (unpaired) electrons. The summed E-state index contributed by atoms with van der Waals surface area (Å²) in [7, 11) is -1.48. The number of thioether (sulfide) groups is 1. The van der Waals surface area contributed by atoms with Gasteiger partial charge in [-0.15, -0.1) is 0 Å². The molecule has 2 rings (SSSR count). The van der Waals surface area contributed by atoms with E-state index in [-0.39, 0.29) is 12.5 Å². The van der Waals surface area contributed by atoms with Gasteiger partial charge < -0.3 is 19.7 Å². The molecule has 0 bridgehead atoms. The Balaban J connectivity index is 1.82. The van der Waals surface area contributed by atoms with E-state index in [1.54, 1.807) is 24.3 Å². The van der Waals surface area contributed by atoms with Crippen LogP contribution in [0.25, 0.3) is 0 Å². The van der Waals surface area contributed by atoms with Crippen LogP contribution >= 0.6 is 11.8 Å². The number of hydrogen-bond acceptors (Lipinski definition) is 5. The Morgan fingerprint density at radius 1 is 1.26 bits per heavy atom. The van der Waals surface area contributed by atoms with Crippen molar-refractivity contribution in [3.05, 3.63) is 24.3 Å². The number of carbonyl (C=O) groups excluding carboxylic acids is 1. The molecule has 0 aliphatic carbocycles. The van der Waals surface area contributed by atoms with Crippen LogP contribution in [0.1, 0.15) is 0 Å². The van der Waals surface area contributed by atoms with E-state index in [9.17, 15) is 4.79 Å². The molecular weight excluding hydrogens is 265 g/mol. The fourth-order valence-corrected chi connectivity index (χ4v) is 2.69. The average Bonchev–Trinajstić information content (AvgIpc) is 2.46. The molecule has 1 fully saturated rings. The van der Waals surface area contributed by atoms with Crippen LogP contribution in [0.4, 0.5) is 0 Å². The zero-order chi connectivity index (χ0) is 13.7. The number of ether oxygens (including phenoxy) is 1. The Kier molecular flexibility index (Phi) is 5.12. The molecule has 2 N–H and O–H groups in total. The summed E-state index contributed by atoms with van der Waals surface area (Å²) in [6.45, 7) is 1.58. The molecule has 5 nitrogen and oxygen atoms in total. The highest BCUT2D eigenvalue weighted by molar-refractivity contribution is 7.99. The van der Waals surface area contributed by atoms with Gasteiger partial charge >= 0.3 is 7.12 Å². The highest BCUT2D eigenvalue weighted by Gasteiger charge is 2.17. The van der Waals surface area contributed by atoms with Gasteiger partial charge in [-0.25, -0.2) is 0 Å². The molecule has 102 valence electrons. The number of benzene rings is 1. The van der Waals surface area contributed by atoms with E-state index in [1.165, 1.54) is 0 Å². The van der Waals surface area contributed by atoms with E-state index < -0.39 is 7.12 Å². The van der Waals surface area contributed by atoms with Gasteiger partial charge in [0.1, 0.15) is 5.75 Å². The van der Waals surface area contributed by atoms with Gasteiger partial charge in [-0.3, -0.25) is 4.79 Å². The smallest absolute Gasteiger partial charge is 0.484 e. The van der Waals surface area contributed by atoms with Gasteiger partial charge in [-0.05, 0) is 17.6 Å². The third kappa shape index (κ3) is 4.16. The zero-order valence-corrected chi connectivity index (χ0v) is 11.3. The van der Waals surface area contributed by atoms with Gasteiger partial charge in [-0.2, -0.15) is 11.8 Å². The zero-order valence-electron chi connectivity index (χ0n) is 10.5. The first-order chi connectivity index (χ1) is 9.16. The summed E-state index contributed by atoms with van der Waals surface area (Å²) >= 11 is 1.85. The summed E-state index contributed by atoms with van der Waals surface area (Å²) in [4.78, 5) is 13.7. The quantitative estimate of drug-likeness (QED) is 0.716. The minimum atomic E-state index is -1.48. The maximum absolute atomic E-state index is 11.9. The fraction of sp³-hybridized carbons (Fsp3) is 0.417. The van der Waals surface area contributed by atoms with Crippen molar-refractivity contribution in [2.24, 2.45) is 0 Å². The van der Waals surface area contributed by atoms with E-state index in [0.717, 1.165) is 24.6 Å². The maximum atomic E-state index is 11.9. The van der Waals surface area contributed by atoms with E-state index in [4.69, 9.17) is 14.8 Å². The van der Waals surface area contributed by atoms with Gasteiger partial charge in [0.2, 0.25) is 0 Å². The summed E-state index contributed by atoms with van der Waals surface area (Å²) in [5, 5.41) is 17.9. The monoisotopic (exact) mass is 281 g/mol. The second-order valence-corrected chi connectivity index (χ2v) is 5.45. The Labute approximate surface area is 116 Å². The molecule has 1 aliphatic heterocycles. The third-order valence-corrected chi connectivity index (χ3v) is 3.85. The van der Waals surface area contributed by atoms with Crippen LogP contribution in [0, 0.1) is 0 Å². The van der Waals surface area contributed by atoms with Crippen LogP contribution in [-0.2, 0) is 4.79 Å². The fourth-order valence-electron chi connectivity index (χ4n) is 1.79. The van der Waals surface area contributed by atoms with Crippen molar-refractivity contribution in [2.75, 3.05) is 31.2 Å². The predicted molar refractivity (Wildman–Crippen MR) is 75.7 cm³/mol. The van der Waals surface area contributed by atoms with Crippen molar-refractivity contribution in [3.63, 3.8) is 0 Å². The van der Waals surface area contributed by atoms with Crippen LogP contribution in [0.3, 0.4) is 0 Å². The minimum absolute atomic E-state index is 0.00781. The molecule has 1 saturated heterocycles. The van der Waals surface area contributed by atoms with Gasteiger partial charge in [0.25, 0.3) is 5.91 Å². The normalized spacial score (nSPS) is 15.2. The van der Waals surface area contributed by atoms with Gasteiger partial charge in [0, 0.05) is 24.6 Å². The highest BCUT2D eigenvalue weighted by atomic mass is 32.2. The van der Waals surface area contributed by atoms with Crippen molar-refractivity contribution >= 4 is 30.3 Å². The molecule has 1 aromatic carbocycles. The molecule has 1 heterocycles. The second-order valence-electron chi connectivity index (χ2n) is 4.22. The first kappa shape index (κ1) is 14.2. The Morgan fingerprint density at radius 2 is 1.89 bits per heavy atom. The van der Waals surface area contributed by atoms with Crippen molar-refractivity contribution in [2.45, 2.75) is 0 Å². The van der Waals surface area contributed by atoms with Crippen LogP contribution in [0.5, 0.6) is 5.75 Å². The molecule has 0 aromatic heterocycles. The van der Waals surface area contributed by atoms with Crippen molar-refractivity contribution in [3.8, 4) is 5.75 Å². The van der Waals surface area contributed by atoms with Gasteiger partial charge in [0.15, 0.2) is 6.61 Å². The van der Waals surface area contributed by atoms with E-state index in [1.807, 2.05) is 16.7 Å². The van der Waals surface area contributed by atoms with E-state index in [0.29, 0.717) is 11.2 Å². The molecule has 19 heavy (non-hydrogen) atoms. The Bertz CT molecular complexity index is 420. The lowest BCUT2D eigenvalue weighted by Gasteiger charge is -2.26. The number of hydrogen-bond donors (Lipinski definition) is 2. The van der Waals surface area contributed by atoms with E-state index in [2.05, 4.69) is 0 Å². The number of amides is 1. The molecule has 1 aromatic rings. The van der Waals surface area contributed by atoms with Crippen LogP contribution in [0.2, 0.25) is 0 Å². The molecule has 0 unspecified atom stereocenters. The number of carbonyl (C=O) groups is 1. The van der Waals surface area contributed by atoms with Gasteiger partial charge in [-0.1, -0.05) is 12.1 Å². The summed E-state index contributed by atoms with van der Waals surface area (Å²) in [5.41, 5.74) is 0.395. The highest BCUT2D eigenvalue weighted by Crippen LogP contribution is 2.11. The molecule has 0 spiro atoms. The van der Waals surface area contributed by atoms with Crippen molar-refractivity contribution in [1.82, 2.24) is 4.90 Å². The molecule has 1 amide bonds.